The van der Waals surface area contributed by atoms with Gasteiger partial charge in [-0.1, -0.05) is 198 Å². The molecule has 0 radical (unpaired) electrons. The first-order valence-electron chi connectivity index (χ1n) is 28.1. The zero-order valence-corrected chi connectivity index (χ0v) is 50.5. The Morgan fingerprint density at radius 2 is 0.628 bits per heavy atom. The molecule has 0 fully saturated rings. The number of nitrogens with zero attached hydrogens (tertiary/aromatic N) is 6. The molecule has 6 aromatic heterocycles. The number of rotatable bonds is 0. The van der Waals surface area contributed by atoms with Crippen LogP contribution in [0.3, 0.4) is 0 Å². The molecule has 0 amide bonds. The predicted molar refractivity (Wildman–Crippen MR) is 347 cm³/mol. The van der Waals surface area contributed by atoms with Crippen molar-refractivity contribution in [3.8, 4) is 0 Å². The number of benzene rings is 6. The van der Waals surface area contributed by atoms with Gasteiger partial charge in [0.05, 0.1) is 33.1 Å². The van der Waals surface area contributed by atoms with Gasteiger partial charge < -0.3 is 0 Å². The summed E-state index contributed by atoms with van der Waals surface area (Å²) in [7, 11) is 0. The molecule has 0 saturated carbocycles. The molecule has 0 unspecified atom stereocenters. The molecule has 6 heteroatoms. The Bertz CT molecular complexity index is 3070. The van der Waals surface area contributed by atoms with Crippen molar-refractivity contribution in [2.24, 2.45) is 0 Å². The van der Waals surface area contributed by atoms with Crippen molar-refractivity contribution >= 4 is 65.4 Å². The normalized spacial score (nSPS) is 9.15. The van der Waals surface area contributed by atoms with Gasteiger partial charge in [-0.3, -0.25) is 29.9 Å². The maximum absolute atomic E-state index is 4.28. The summed E-state index contributed by atoms with van der Waals surface area (Å²) in [6, 6.07) is 61.6. The summed E-state index contributed by atoms with van der Waals surface area (Å²) in [6.45, 7) is 36.5. The summed E-state index contributed by atoms with van der Waals surface area (Å²) < 4.78 is 0. The van der Waals surface area contributed by atoms with Crippen LogP contribution in [0.25, 0.3) is 65.4 Å². The predicted octanol–water partition coefficient (Wildman–Crippen LogP) is 21.4. The number of hydrogen-bond acceptors (Lipinski definition) is 6. The van der Waals surface area contributed by atoms with E-state index < -0.39 is 0 Å². The van der Waals surface area contributed by atoms with E-state index in [4.69, 9.17) is 0 Å². The molecule has 408 valence electrons. The molecular weight excluding hydrogens is 949 g/mol. The summed E-state index contributed by atoms with van der Waals surface area (Å²) >= 11 is 0. The molecule has 0 aliphatic heterocycles. The average Bonchev–Trinajstić information content (AvgIpc) is 3.51. The number of fused-ring (bicyclic) bond motifs is 6. The second-order valence-electron chi connectivity index (χ2n) is 16.0. The van der Waals surface area contributed by atoms with Crippen LogP contribution < -0.4 is 0 Å². The first-order valence-corrected chi connectivity index (χ1v) is 28.1. The van der Waals surface area contributed by atoms with E-state index in [0.29, 0.717) is 0 Å². The SMILES string of the molecule is CC.CC.CC.CC.CC.CC.Cc1ccc2cccnc2c1.Cc1ccc2ncccc2c1.Cc1cccc2cccnc12.Cc1cccc2ncccc12.Cc1ccnc2ccccc12.Cc1cnc2ccccc2c1. The van der Waals surface area contributed by atoms with Crippen LogP contribution in [0.5, 0.6) is 0 Å². The van der Waals surface area contributed by atoms with Gasteiger partial charge in [-0.25, -0.2) is 0 Å². The molecule has 6 aromatic carbocycles. The maximum Gasteiger partial charge on any atom is 0.0731 e. The van der Waals surface area contributed by atoms with Crippen LogP contribution in [0.15, 0.2) is 219 Å². The minimum Gasteiger partial charge on any atom is -0.256 e. The van der Waals surface area contributed by atoms with Crippen molar-refractivity contribution in [2.45, 2.75) is 125 Å². The standard InChI is InChI=1S/6C10H9N.6C2H6/c1-8-4-2-6-10-9(8)5-3-7-11-10;1-8-4-2-5-9-6-3-7-11-10(8)9;1-8-4-5-10-9(7-8)3-2-6-11-10;1-8-4-5-9-3-2-6-11-10(9)7-8;1-8-6-9-4-2-3-5-10(9)11-7-8;1-8-6-7-11-10-5-3-2-4-9(8)10;6*1-2/h6*2-7H,1H3;6*1-2H3. The smallest absolute Gasteiger partial charge is 0.0731 e. The summed E-state index contributed by atoms with van der Waals surface area (Å²) in [4.78, 5) is 25.5. The lowest BCUT2D eigenvalue weighted by molar-refractivity contribution is 1.33. The molecule has 6 heterocycles. The highest BCUT2D eigenvalue weighted by molar-refractivity contribution is 5.83. The summed E-state index contributed by atoms with van der Waals surface area (Å²) in [5.41, 5.74) is 14.0. The molecule has 0 bridgehead atoms. The topological polar surface area (TPSA) is 77.3 Å². The van der Waals surface area contributed by atoms with E-state index in [1.54, 1.807) is 0 Å². The Kier molecular flexibility index (Phi) is 35.6. The van der Waals surface area contributed by atoms with E-state index in [-0.39, 0.29) is 0 Å². The first-order chi connectivity index (χ1) is 38.2. The van der Waals surface area contributed by atoms with Crippen LogP contribution in [0.4, 0.5) is 0 Å². The van der Waals surface area contributed by atoms with E-state index in [0.717, 1.165) is 33.1 Å². The van der Waals surface area contributed by atoms with Gasteiger partial charge in [-0.2, -0.15) is 0 Å². The number of para-hydroxylation sites is 3. The maximum atomic E-state index is 4.28. The van der Waals surface area contributed by atoms with Crippen LogP contribution in [0.2, 0.25) is 0 Å². The van der Waals surface area contributed by atoms with Gasteiger partial charge in [0, 0.05) is 69.5 Å². The molecule has 12 aromatic rings. The molecule has 0 atom stereocenters. The van der Waals surface area contributed by atoms with Crippen LogP contribution in [0.1, 0.15) is 116 Å². The Labute approximate surface area is 470 Å². The minimum absolute atomic E-state index is 1.07. The van der Waals surface area contributed by atoms with Crippen LogP contribution in [-0.2, 0) is 0 Å². The van der Waals surface area contributed by atoms with Gasteiger partial charge in [0.2, 0.25) is 0 Å². The van der Waals surface area contributed by atoms with Gasteiger partial charge in [-0.05, 0) is 142 Å². The third kappa shape index (κ3) is 22.9. The Morgan fingerprint density at radius 1 is 0.231 bits per heavy atom. The highest BCUT2D eigenvalue weighted by Gasteiger charge is 1.97. The molecule has 0 spiro atoms. The van der Waals surface area contributed by atoms with Crippen LogP contribution in [0, 0.1) is 41.5 Å². The van der Waals surface area contributed by atoms with Crippen molar-refractivity contribution in [1.29, 1.82) is 0 Å². The second-order valence-corrected chi connectivity index (χ2v) is 16.0. The monoisotopic (exact) mass is 1040 g/mol. The Morgan fingerprint density at radius 3 is 1.27 bits per heavy atom. The van der Waals surface area contributed by atoms with Gasteiger partial charge in [0.15, 0.2) is 0 Å². The van der Waals surface area contributed by atoms with Crippen molar-refractivity contribution in [3.63, 3.8) is 0 Å². The molecule has 0 N–H and O–H groups in total. The van der Waals surface area contributed by atoms with Crippen LogP contribution in [-0.4, -0.2) is 29.9 Å². The van der Waals surface area contributed by atoms with E-state index in [2.05, 4.69) is 169 Å². The zero-order chi connectivity index (χ0) is 58.1. The number of hydrogen-bond donors (Lipinski definition) is 0. The number of aryl methyl sites for hydroxylation is 6. The fourth-order valence-corrected chi connectivity index (χ4v) is 7.31. The van der Waals surface area contributed by atoms with Crippen molar-refractivity contribution < 1.29 is 0 Å². The van der Waals surface area contributed by atoms with Gasteiger partial charge in [-0.15, -0.1) is 0 Å². The molecular formula is C72H90N6. The number of aromatic nitrogens is 6. The van der Waals surface area contributed by atoms with E-state index in [1.165, 1.54) is 65.7 Å². The van der Waals surface area contributed by atoms with E-state index in [1.807, 2.05) is 205 Å². The van der Waals surface area contributed by atoms with Gasteiger partial charge in [0.25, 0.3) is 0 Å². The number of pyridine rings is 6. The molecule has 6 nitrogen and oxygen atoms in total. The fourth-order valence-electron chi connectivity index (χ4n) is 7.31. The largest absolute Gasteiger partial charge is 0.256 e. The van der Waals surface area contributed by atoms with Crippen molar-refractivity contribution in [1.82, 2.24) is 29.9 Å². The molecule has 0 saturated heterocycles. The summed E-state index contributed by atoms with van der Waals surface area (Å²) in [5, 5.41) is 7.34. The highest BCUT2D eigenvalue weighted by Crippen LogP contribution is 2.17. The lowest BCUT2D eigenvalue weighted by Gasteiger charge is -1.97. The average molecular weight is 1040 g/mol. The second kappa shape index (κ2) is 41.0. The highest BCUT2D eigenvalue weighted by atomic mass is 14.7. The quantitative estimate of drug-likeness (QED) is 0.151. The Hall–Kier alpha value is -8.22. The summed E-state index contributed by atoms with van der Waals surface area (Å²) in [5.74, 6) is 0. The summed E-state index contributed by atoms with van der Waals surface area (Å²) in [6.07, 6.45) is 11.0. The third-order valence-electron chi connectivity index (χ3n) is 10.8. The molecule has 12 rings (SSSR count). The van der Waals surface area contributed by atoms with E-state index >= 15 is 0 Å². The van der Waals surface area contributed by atoms with Gasteiger partial charge >= 0.3 is 0 Å². The van der Waals surface area contributed by atoms with Crippen LogP contribution >= 0.6 is 0 Å². The fraction of sp³-hybridized carbons (Fsp3) is 0.250. The molecule has 78 heavy (non-hydrogen) atoms. The zero-order valence-electron chi connectivity index (χ0n) is 50.5. The molecule has 0 aliphatic rings. The lowest BCUT2D eigenvalue weighted by atomic mass is 10.1. The lowest BCUT2D eigenvalue weighted by Crippen LogP contribution is -1.80. The van der Waals surface area contributed by atoms with Crippen molar-refractivity contribution in [3.05, 3.63) is 253 Å². The van der Waals surface area contributed by atoms with Gasteiger partial charge in [0.1, 0.15) is 0 Å². The minimum atomic E-state index is 1.07. The third-order valence-corrected chi connectivity index (χ3v) is 10.8. The molecule has 0 aliphatic carbocycles. The Balaban J connectivity index is 0.000000450. The first kappa shape index (κ1) is 67.8. The van der Waals surface area contributed by atoms with Crippen molar-refractivity contribution in [2.75, 3.05) is 0 Å². The van der Waals surface area contributed by atoms with E-state index in [9.17, 15) is 0 Å².